The predicted octanol–water partition coefficient (Wildman–Crippen LogP) is 4.75. The van der Waals surface area contributed by atoms with E-state index in [4.69, 9.17) is 9.72 Å². The summed E-state index contributed by atoms with van der Waals surface area (Å²) in [6, 6.07) is 10.4. The van der Waals surface area contributed by atoms with Gasteiger partial charge in [0.25, 0.3) is 0 Å². The molecule has 0 aliphatic heterocycles. The number of nitrogens with zero attached hydrogens (tertiary/aromatic N) is 4. The van der Waals surface area contributed by atoms with Gasteiger partial charge in [-0.15, -0.1) is 10.2 Å². The molecule has 2 aromatic heterocycles. The molecule has 2 heterocycles. The van der Waals surface area contributed by atoms with E-state index in [1.807, 2.05) is 12.1 Å². The second-order valence-electron chi connectivity index (χ2n) is 8.19. The lowest BCUT2D eigenvalue weighted by molar-refractivity contribution is 0.347. The number of aryl methyl sites for hydroxylation is 2. The molecule has 1 N–H and O–H groups in total. The molecule has 1 unspecified atom stereocenters. The lowest BCUT2D eigenvalue weighted by atomic mass is 9.87. The number of rotatable bonds is 6. The van der Waals surface area contributed by atoms with Crippen LogP contribution >= 0.6 is 0 Å². The molecule has 2 aliphatic rings. The summed E-state index contributed by atoms with van der Waals surface area (Å²) in [7, 11) is 0. The smallest absolute Gasteiger partial charge is 0.204 e. The van der Waals surface area contributed by atoms with Crippen molar-refractivity contribution in [2.24, 2.45) is 0 Å². The van der Waals surface area contributed by atoms with Crippen molar-refractivity contribution in [3.05, 3.63) is 76.6 Å². The van der Waals surface area contributed by atoms with Gasteiger partial charge in [0.1, 0.15) is 12.4 Å². The van der Waals surface area contributed by atoms with Crippen molar-refractivity contribution >= 4 is 0 Å². The predicted molar refractivity (Wildman–Crippen MR) is 120 cm³/mol. The Balaban J connectivity index is 1.29. The molecule has 3 aromatic rings. The lowest BCUT2D eigenvalue weighted by Gasteiger charge is -2.22. The summed E-state index contributed by atoms with van der Waals surface area (Å²) in [5, 5.41) is 14.6. The number of pyridine rings is 1. The van der Waals surface area contributed by atoms with Crippen LogP contribution in [0.2, 0.25) is 0 Å². The molecule has 0 radical (unpaired) electrons. The van der Waals surface area contributed by atoms with Crippen molar-refractivity contribution < 1.29 is 4.74 Å². The maximum atomic E-state index is 6.32. The molecular weight excluding hydrogens is 386 g/mol. The zero-order valence-corrected chi connectivity index (χ0v) is 17.8. The molecule has 1 atom stereocenters. The molecule has 0 spiro atoms. The number of fused-ring (bicyclic) bond motifs is 1. The third-order valence-electron chi connectivity index (χ3n) is 6.19. The van der Waals surface area contributed by atoms with Gasteiger partial charge in [-0.1, -0.05) is 49.4 Å². The van der Waals surface area contributed by atoms with E-state index in [0.29, 0.717) is 18.3 Å². The van der Waals surface area contributed by atoms with Crippen LogP contribution < -0.4 is 4.74 Å². The highest BCUT2D eigenvalue weighted by Crippen LogP contribution is 2.34. The average Bonchev–Trinajstić information content (AvgIpc) is 3.37. The summed E-state index contributed by atoms with van der Waals surface area (Å²) in [5.41, 5.74) is 7.14. The maximum absolute atomic E-state index is 6.32. The Labute approximate surface area is 182 Å². The summed E-state index contributed by atoms with van der Waals surface area (Å²) in [4.78, 5) is 4.83. The van der Waals surface area contributed by atoms with Crippen LogP contribution in [0.25, 0.3) is 11.4 Å². The van der Waals surface area contributed by atoms with E-state index in [9.17, 15) is 0 Å². The summed E-state index contributed by atoms with van der Waals surface area (Å²) in [6.45, 7) is 2.75. The van der Waals surface area contributed by atoms with Crippen molar-refractivity contribution in [1.29, 1.82) is 0 Å². The van der Waals surface area contributed by atoms with Gasteiger partial charge >= 0.3 is 0 Å². The van der Waals surface area contributed by atoms with E-state index in [2.05, 4.69) is 64.0 Å². The monoisotopic (exact) mass is 413 g/mol. The van der Waals surface area contributed by atoms with Crippen LogP contribution in [-0.4, -0.2) is 32.2 Å². The SMILES string of the molecule is CCc1cc(OCC2=CCC(c3ccccc3-c3nn[nH]n3)C=C2)c2c(n1)CCCC2. The van der Waals surface area contributed by atoms with E-state index in [0.717, 1.165) is 42.7 Å². The number of H-pyrrole nitrogens is 1. The van der Waals surface area contributed by atoms with Crippen LogP contribution in [0.4, 0.5) is 0 Å². The molecular formula is C25H27N5O. The average molecular weight is 414 g/mol. The number of aromatic amines is 1. The number of aromatic nitrogens is 5. The van der Waals surface area contributed by atoms with Crippen molar-refractivity contribution in [3.8, 4) is 17.1 Å². The fraction of sp³-hybridized carbons (Fsp3) is 0.360. The number of hydrogen-bond acceptors (Lipinski definition) is 5. The van der Waals surface area contributed by atoms with Crippen molar-refractivity contribution in [2.45, 2.75) is 51.4 Å². The maximum Gasteiger partial charge on any atom is 0.204 e. The number of allylic oxidation sites excluding steroid dienone is 2. The first kappa shape index (κ1) is 19.7. The summed E-state index contributed by atoms with van der Waals surface area (Å²) in [6.07, 6.45) is 13.2. The van der Waals surface area contributed by atoms with Crippen molar-refractivity contribution in [1.82, 2.24) is 25.6 Å². The molecule has 31 heavy (non-hydrogen) atoms. The minimum Gasteiger partial charge on any atom is -0.488 e. The van der Waals surface area contributed by atoms with Crippen LogP contribution in [0.5, 0.6) is 5.75 Å². The molecule has 6 heteroatoms. The molecule has 6 nitrogen and oxygen atoms in total. The van der Waals surface area contributed by atoms with Crippen LogP contribution in [0.3, 0.4) is 0 Å². The minimum absolute atomic E-state index is 0.291. The van der Waals surface area contributed by atoms with Gasteiger partial charge < -0.3 is 4.74 Å². The molecule has 2 aliphatic carbocycles. The molecule has 0 saturated heterocycles. The molecule has 158 valence electrons. The fourth-order valence-corrected chi connectivity index (χ4v) is 4.50. The Kier molecular flexibility index (Phi) is 5.61. The van der Waals surface area contributed by atoms with Crippen LogP contribution in [-0.2, 0) is 19.3 Å². The Bertz CT molecular complexity index is 1120. The molecule has 0 bridgehead atoms. The van der Waals surface area contributed by atoms with E-state index in [1.165, 1.54) is 35.2 Å². The van der Waals surface area contributed by atoms with Gasteiger partial charge in [0.15, 0.2) is 0 Å². The van der Waals surface area contributed by atoms with Gasteiger partial charge in [0.05, 0.1) is 0 Å². The first-order valence-corrected chi connectivity index (χ1v) is 11.2. The van der Waals surface area contributed by atoms with E-state index < -0.39 is 0 Å². The highest BCUT2D eigenvalue weighted by atomic mass is 16.5. The van der Waals surface area contributed by atoms with Crippen LogP contribution in [0.15, 0.2) is 54.1 Å². The Morgan fingerprint density at radius 2 is 2.06 bits per heavy atom. The van der Waals surface area contributed by atoms with Crippen molar-refractivity contribution in [2.75, 3.05) is 6.61 Å². The normalized spacial score (nSPS) is 17.8. The highest BCUT2D eigenvalue weighted by molar-refractivity contribution is 5.61. The zero-order chi connectivity index (χ0) is 21.0. The topological polar surface area (TPSA) is 76.6 Å². The number of tetrazole rings is 1. The van der Waals surface area contributed by atoms with Crippen LogP contribution in [0.1, 0.15) is 54.6 Å². The Morgan fingerprint density at radius 3 is 2.87 bits per heavy atom. The minimum atomic E-state index is 0.291. The first-order chi connectivity index (χ1) is 15.3. The van der Waals surface area contributed by atoms with Gasteiger partial charge in [-0.25, -0.2) is 0 Å². The van der Waals surface area contributed by atoms with Gasteiger partial charge in [0.2, 0.25) is 5.82 Å². The van der Waals surface area contributed by atoms with Gasteiger partial charge in [0, 0.05) is 34.5 Å². The van der Waals surface area contributed by atoms with Crippen LogP contribution in [0, 0.1) is 0 Å². The van der Waals surface area contributed by atoms with Crippen molar-refractivity contribution in [3.63, 3.8) is 0 Å². The summed E-state index contributed by atoms with van der Waals surface area (Å²) >= 11 is 0. The highest BCUT2D eigenvalue weighted by Gasteiger charge is 2.19. The number of hydrogen-bond donors (Lipinski definition) is 1. The Hall–Kier alpha value is -3.28. The van der Waals surface area contributed by atoms with Gasteiger partial charge in [-0.05, 0) is 54.9 Å². The molecule has 1 aromatic carbocycles. The second-order valence-corrected chi connectivity index (χ2v) is 8.19. The van der Waals surface area contributed by atoms with Gasteiger partial charge in [-0.2, -0.15) is 5.21 Å². The largest absolute Gasteiger partial charge is 0.488 e. The third-order valence-corrected chi connectivity index (χ3v) is 6.19. The Morgan fingerprint density at radius 1 is 1.16 bits per heavy atom. The fourth-order valence-electron chi connectivity index (χ4n) is 4.50. The number of ether oxygens (including phenoxy) is 1. The quantitative estimate of drug-likeness (QED) is 0.631. The molecule has 0 fully saturated rings. The first-order valence-electron chi connectivity index (χ1n) is 11.2. The molecule has 5 rings (SSSR count). The lowest BCUT2D eigenvalue weighted by Crippen LogP contribution is -2.12. The standard InChI is InChI=1S/C25H27N5O/c1-2-19-15-24(22-9-5-6-10-23(22)26-19)31-16-17-11-13-18(14-12-17)20-7-3-4-8-21(20)25-27-29-30-28-25/h3-4,7-8,11-13,15,18H,2,5-6,9-10,14,16H2,1H3,(H,27,28,29,30). The zero-order valence-electron chi connectivity index (χ0n) is 17.8. The molecule has 0 amide bonds. The van der Waals surface area contributed by atoms with E-state index in [-0.39, 0.29) is 0 Å². The van der Waals surface area contributed by atoms with E-state index in [1.54, 1.807) is 0 Å². The number of benzene rings is 1. The third kappa shape index (κ3) is 4.15. The summed E-state index contributed by atoms with van der Waals surface area (Å²) in [5.74, 6) is 1.95. The van der Waals surface area contributed by atoms with E-state index >= 15 is 0 Å². The number of nitrogens with one attached hydrogen (secondary N) is 1. The molecule has 0 saturated carbocycles. The summed E-state index contributed by atoms with van der Waals surface area (Å²) < 4.78 is 6.32. The second kappa shape index (κ2) is 8.84. The van der Waals surface area contributed by atoms with Gasteiger partial charge in [-0.3, -0.25) is 4.98 Å².